The Morgan fingerprint density at radius 1 is 0.535 bits per heavy atom. The van der Waals surface area contributed by atoms with Gasteiger partial charge in [-0.15, -0.1) is 0 Å². The molecule has 3 aliphatic heterocycles. The van der Waals surface area contributed by atoms with Crippen molar-refractivity contribution in [2.75, 3.05) is 26.4 Å². The van der Waals surface area contributed by atoms with E-state index >= 15 is 0 Å². The van der Waals surface area contributed by atoms with Gasteiger partial charge in [0.05, 0.1) is 38.6 Å². The van der Waals surface area contributed by atoms with E-state index in [0.717, 1.165) is 77.0 Å². The summed E-state index contributed by atoms with van der Waals surface area (Å²) in [6.07, 6.45) is 11.1. The first-order chi connectivity index (χ1) is 34.3. The molecule has 0 aromatic carbocycles. The number of aliphatic hydroxyl groups is 11. The maximum atomic E-state index is 13.2. The molecule has 19 heteroatoms. The number of hydrogen-bond donors (Lipinski definition) is 12. The van der Waals surface area contributed by atoms with Gasteiger partial charge in [-0.05, 0) is 71.1 Å². The van der Waals surface area contributed by atoms with Crippen LogP contribution in [0.2, 0.25) is 0 Å². The molecule has 17 unspecified atom stereocenters. The van der Waals surface area contributed by atoms with E-state index in [1.54, 1.807) is 12.2 Å². The number of ether oxygens (including phenoxy) is 6. The normalized spacial score (nSPS) is 32.8. The summed E-state index contributed by atoms with van der Waals surface area (Å²) in [4.78, 5) is 13.2. The Morgan fingerprint density at radius 2 is 1.00 bits per heavy atom. The quantitative estimate of drug-likeness (QED) is 0.0320. The number of carbonyl (C=O) groups excluding carboxylic acids is 1. The van der Waals surface area contributed by atoms with Gasteiger partial charge in [-0.25, -0.2) is 0 Å². The Labute approximate surface area is 420 Å². The topological polar surface area (TPSA) is 307 Å². The van der Waals surface area contributed by atoms with Crippen molar-refractivity contribution in [3.05, 3.63) is 60.8 Å². The van der Waals surface area contributed by atoms with E-state index in [1.165, 1.54) is 19.3 Å². The smallest absolute Gasteiger partial charge is 0.220 e. The molecule has 17 atom stereocenters. The molecule has 12 N–H and O–H groups in total. The molecule has 0 radical (unpaired) electrons. The van der Waals surface area contributed by atoms with E-state index in [0.29, 0.717) is 12.8 Å². The van der Waals surface area contributed by atoms with Gasteiger partial charge in [0.2, 0.25) is 5.91 Å². The molecule has 3 fully saturated rings. The zero-order valence-corrected chi connectivity index (χ0v) is 41.9. The standard InChI is InChI=1S/C52H89NO18/c1-3-5-7-9-11-13-14-15-16-17-18-19-20-22-24-26-28-30-40(58)53-35(36(57)29-27-25-23-21-12-10-8-6-4-2)34-66-50-46(64)43(61)48(38(32-55)68-50)71-52-47(65)44(62)49(39(33-56)69-52)70-51-45(63)42(60)41(59)37(31-54)67-51/h4,6,11-13,15-16,21,27,29,35-39,41-52,54-57,59-65H,3,5,7-10,14,17-20,22-26,28,30-34H2,1-2H3,(H,53,58)/b6-4+,13-11-,16-15-,21-12+,29-27+. The molecule has 410 valence electrons. The summed E-state index contributed by atoms with van der Waals surface area (Å²) in [7, 11) is 0. The lowest BCUT2D eigenvalue weighted by Crippen LogP contribution is -2.66. The summed E-state index contributed by atoms with van der Waals surface area (Å²) >= 11 is 0. The van der Waals surface area contributed by atoms with Crippen LogP contribution in [0.5, 0.6) is 0 Å². The fraction of sp³-hybridized carbons (Fsp3) is 0.788. The van der Waals surface area contributed by atoms with Crippen LogP contribution < -0.4 is 5.32 Å². The van der Waals surface area contributed by atoms with E-state index in [2.05, 4.69) is 54.8 Å². The third kappa shape index (κ3) is 22.1. The first-order valence-corrected chi connectivity index (χ1v) is 26.0. The fourth-order valence-corrected chi connectivity index (χ4v) is 8.49. The Balaban J connectivity index is 1.54. The average molecular weight is 1020 g/mol. The molecule has 0 saturated carbocycles. The van der Waals surface area contributed by atoms with Gasteiger partial charge in [-0.3, -0.25) is 4.79 Å². The molecule has 3 rings (SSSR count). The van der Waals surface area contributed by atoms with Crippen molar-refractivity contribution in [2.24, 2.45) is 0 Å². The molecule has 0 aliphatic carbocycles. The van der Waals surface area contributed by atoms with E-state index in [9.17, 15) is 61.0 Å². The van der Waals surface area contributed by atoms with Gasteiger partial charge < -0.3 is 89.9 Å². The van der Waals surface area contributed by atoms with Gasteiger partial charge in [0, 0.05) is 6.42 Å². The number of aliphatic hydroxyl groups excluding tert-OH is 11. The van der Waals surface area contributed by atoms with E-state index in [4.69, 9.17) is 28.4 Å². The van der Waals surface area contributed by atoms with Gasteiger partial charge in [0.25, 0.3) is 0 Å². The third-order valence-corrected chi connectivity index (χ3v) is 12.9. The summed E-state index contributed by atoms with van der Waals surface area (Å²) in [5.74, 6) is -0.306. The molecule has 3 saturated heterocycles. The Kier molecular flexibility index (Phi) is 32.2. The maximum Gasteiger partial charge on any atom is 0.220 e. The zero-order valence-electron chi connectivity index (χ0n) is 41.9. The van der Waals surface area contributed by atoms with Crippen LogP contribution in [0, 0.1) is 0 Å². The molecule has 0 spiro atoms. The molecular formula is C52H89NO18. The molecule has 0 bridgehead atoms. The molecular weight excluding hydrogens is 927 g/mol. The van der Waals surface area contributed by atoms with Crippen molar-refractivity contribution in [3.63, 3.8) is 0 Å². The first kappa shape index (κ1) is 62.8. The minimum absolute atomic E-state index is 0.219. The Morgan fingerprint density at radius 3 is 1.56 bits per heavy atom. The summed E-state index contributed by atoms with van der Waals surface area (Å²) in [5, 5.41) is 119. The van der Waals surface area contributed by atoms with Gasteiger partial charge in [0.15, 0.2) is 18.9 Å². The van der Waals surface area contributed by atoms with Crippen molar-refractivity contribution >= 4 is 5.91 Å². The highest BCUT2D eigenvalue weighted by Crippen LogP contribution is 2.33. The van der Waals surface area contributed by atoms with Crippen molar-refractivity contribution in [1.29, 1.82) is 0 Å². The number of nitrogens with one attached hydrogen (secondary N) is 1. The Bertz CT molecular complexity index is 1540. The van der Waals surface area contributed by atoms with Crippen molar-refractivity contribution < 1.29 is 89.4 Å². The highest BCUT2D eigenvalue weighted by molar-refractivity contribution is 5.76. The fourth-order valence-electron chi connectivity index (χ4n) is 8.49. The average Bonchev–Trinajstić information content (AvgIpc) is 3.36. The van der Waals surface area contributed by atoms with Crippen molar-refractivity contribution in [2.45, 2.75) is 234 Å². The third-order valence-electron chi connectivity index (χ3n) is 12.9. The number of unbranched alkanes of at least 4 members (excludes halogenated alkanes) is 12. The predicted molar refractivity (Wildman–Crippen MR) is 263 cm³/mol. The van der Waals surface area contributed by atoms with Crippen molar-refractivity contribution in [3.8, 4) is 0 Å². The van der Waals surface area contributed by atoms with Crippen LogP contribution in [0.1, 0.15) is 129 Å². The molecule has 3 heterocycles. The SMILES string of the molecule is C/C=C/CC/C=C/CC/C=C/C(O)C(COC1OC(CO)C(OC2OC(CO)C(OC3OC(CO)C(O)C(O)C3O)C(O)C2O)C(O)C1O)NC(=O)CCCCCCCCC/C=C\C/C=C\CCCCC. The van der Waals surface area contributed by atoms with Gasteiger partial charge in [0.1, 0.15) is 73.2 Å². The highest BCUT2D eigenvalue weighted by Gasteiger charge is 2.53. The molecule has 71 heavy (non-hydrogen) atoms. The number of carbonyl (C=O) groups is 1. The largest absolute Gasteiger partial charge is 0.394 e. The second kappa shape index (κ2) is 36.4. The highest BCUT2D eigenvalue weighted by atomic mass is 16.8. The summed E-state index contributed by atoms with van der Waals surface area (Å²) in [6.45, 7) is 1.37. The van der Waals surface area contributed by atoms with Crippen LogP contribution in [-0.2, 0) is 33.2 Å². The number of allylic oxidation sites excluding steroid dienone is 9. The van der Waals surface area contributed by atoms with Crippen LogP contribution in [0.15, 0.2) is 60.8 Å². The number of hydrogen-bond acceptors (Lipinski definition) is 18. The number of amides is 1. The molecule has 3 aliphatic rings. The second-order valence-electron chi connectivity index (χ2n) is 18.6. The van der Waals surface area contributed by atoms with Gasteiger partial charge >= 0.3 is 0 Å². The first-order valence-electron chi connectivity index (χ1n) is 26.0. The second-order valence-corrected chi connectivity index (χ2v) is 18.6. The number of rotatable bonds is 35. The molecule has 1 amide bonds. The zero-order chi connectivity index (χ0) is 52.0. The van der Waals surface area contributed by atoms with E-state index < -0.39 is 124 Å². The molecule has 19 nitrogen and oxygen atoms in total. The molecule has 0 aromatic rings. The lowest BCUT2D eigenvalue weighted by atomic mass is 9.96. The maximum absolute atomic E-state index is 13.2. The monoisotopic (exact) mass is 1020 g/mol. The van der Waals surface area contributed by atoms with Crippen LogP contribution >= 0.6 is 0 Å². The summed E-state index contributed by atoms with van der Waals surface area (Å²) in [6, 6.07) is -0.999. The summed E-state index contributed by atoms with van der Waals surface area (Å²) < 4.78 is 34.0. The van der Waals surface area contributed by atoms with Crippen LogP contribution in [0.4, 0.5) is 0 Å². The lowest BCUT2D eigenvalue weighted by Gasteiger charge is -2.48. The minimum atomic E-state index is -1.98. The van der Waals surface area contributed by atoms with Crippen LogP contribution in [-0.4, -0.2) is 193 Å². The van der Waals surface area contributed by atoms with Gasteiger partial charge in [-0.2, -0.15) is 0 Å². The van der Waals surface area contributed by atoms with E-state index in [1.807, 2.05) is 13.0 Å². The van der Waals surface area contributed by atoms with Crippen LogP contribution in [0.25, 0.3) is 0 Å². The van der Waals surface area contributed by atoms with E-state index in [-0.39, 0.29) is 18.9 Å². The Hall–Kier alpha value is -2.51. The minimum Gasteiger partial charge on any atom is -0.394 e. The summed E-state index contributed by atoms with van der Waals surface area (Å²) in [5.41, 5.74) is 0. The predicted octanol–water partition coefficient (Wildman–Crippen LogP) is 2.14. The van der Waals surface area contributed by atoms with Crippen LogP contribution in [0.3, 0.4) is 0 Å². The van der Waals surface area contributed by atoms with Gasteiger partial charge in [-0.1, -0.05) is 113 Å². The lowest BCUT2D eigenvalue weighted by molar-refractivity contribution is -0.379. The molecule has 0 aromatic heterocycles. The van der Waals surface area contributed by atoms with Crippen molar-refractivity contribution in [1.82, 2.24) is 5.32 Å².